The molecule has 25 heavy (non-hydrogen) atoms. The molecule has 0 saturated heterocycles. The fourth-order valence-corrected chi connectivity index (χ4v) is 3.18. The largest absolute Gasteiger partial charge is 0.337 e. The Bertz CT molecular complexity index is 960. The number of fused-ring (bicyclic) bond motifs is 1. The van der Waals surface area contributed by atoms with Gasteiger partial charge in [0, 0.05) is 27.9 Å². The Morgan fingerprint density at radius 3 is 2.76 bits per heavy atom. The average Bonchev–Trinajstić information content (AvgIpc) is 2.96. The van der Waals surface area contributed by atoms with Crippen molar-refractivity contribution in [2.45, 2.75) is 26.8 Å². The fourth-order valence-electron chi connectivity index (χ4n) is 3.00. The van der Waals surface area contributed by atoms with Crippen LogP contribution in [-0.4, -0.2) is 16.8 Å². The zero-order chi connectivity index (χ0) is 18.0. The first kappa shape index (κ1) is 17.2. The number of amides is 1. The first-order chi connectivity index (χ1) is 12.0. The molecule has 0 aliphatic rings. The van der Waals surface area contributed by atoms with Gasteiger partial charge < -0.3 is 9.88 Å². The van der Waals surface area contributed by atoms with Crippen LogP contribution < -0.4 is 5.32 Å². The van der Waals surface area contributed by atoms with Gasteiger partial charge in [0.15, 0.2) is 6.29 Å². The smallest absolute Gasteiger partial charge is 0.244 e. The third-order valence-electron chi connectivity index (χ3n) is 4.29. The van der Waals surface area contributed by atoms with Crippen molar-refractivity contribution in [2.24, 2.45) is 0 Å². The Labute approximate surface area is 151 Å². The number of hydrogen-bond acceptors (Lipinski definition) is 2. The lowest BCUT2D eigenvalue weighted by Gasteiger charge is -2.10. The summed E-state index contributed by atoms with van der Waals surface area (Å²) < 4.78 is 1.84. The van der Waals surface area contributed by atoms with Crippen molar-refractivity contribution >= 4 is 40.4 Å². The maximum atomic E-state index is 12.5. The van der Waals surface area contributed by atoms with E-state index in [1.165, 1.54) is 0 Å². The maximum Gasteiger partial charge on any atom is 0.244 e. The minimum atomic E-state index is -0.167. The predicted molar refractivity (Wildman–Crippen MR) is 102 cm³/mol. The summed E-state index contributed by atoms with van der Waals surface area (Å²) in [7, 11) is 0. The van der Waals surface area contributed by atoms with Gasteiger partial charge in [-0.25, -0.2) is 0 Å². The first-order valence-corrected chi connectivity index (χ1v) is 8.53. The van der Waals surface area contributed by atoms with Crippen LogP contribution in [0.2, 0.25) is 5.02 Å². The highest BCUT2D eigenvalue weighted by Gasteiger charge is 2.13. The molecule has 0 aliphatic heterocycles. The van der Waals surface area contributed by atoms with E-state index in [4.69, 9.17) is 11.6 Å². The van der Waals surface area contributed by atoms with E-state index in [9.17, 15) is 9.59 Å². The third-order valence-corrected chi connectivity index (χ3v) is 4.70. The van der Waals surface area contributed by atoms with Gasteiger partial charge in [-0.2, -0.15) is 0 Å². The van der Waals surface area contributed by atoms with Crippen LogP contribution in [0.15, 0.2) is 42.6 Å². The van der Waals surface area contributed by atoms with Crippen LogP contribution in [0.3, 0.4) is 0 Å². The van der Waals surface area contributed by atoms with Crippen molar-refractivity contribution in [1.82, 2.24) is 4.57 Å². The lowest BCUT2D eigenvalue weighted by atomic mass is 10.1. The highest BCUT2D eigenvalue weighted by Crippen LogP contribution is 2.25. The van der Waals surface area contributed by atoms with Crippen molar-refractivity contribution in [1.29, 1.82) is 0 Å². The van der Waals surface area contributed by atoms with Crippen LogP contribution >= 0.6 is 11.6 Å². The van der Waals surface area contributed by atoms with Crippen molar-refractivity contribution in [3.05, 3.63) is 64.3 Å². The molecule has 4 nitrogen and oxygen atoms in total. The molecular formula is C20H19ClN2O2. The Kier molecular flexibility index (Phi) is 4.91. The molecule has 0 fully saturated rings. The van der Waals surface area contributed by atoms with Crippen molar-refractivity contribution in [3.63, 3.8) is 0 Å². The molecule has 0 aliphatic carbocycles. The number of aromatic nitrogens is 1. The molecular weight excluding hydrogens is 336 g/mol. The van der Waals surface area contributed by atoms with Crippen LogP contribution in [0.25, 0.3) is 10.9 Å². The monoisotopic (exact) mass is 354 g/mol. The summed E-state index contributed by atoms with van der Waals surface area (Å²) in [4.78, 5) is 23.8. The SMILES string of the molecule is CCc1cccc2c(C=O)cn(CC(=O)Nc3ccc(C)c(Cl)c3)c12. The van der Waals surface area contributed by atoms with Crippen molar-refractivity contribution < 1.29 is 9.59 Å². The third kappa shape index (κ3) is 3.44. The number of benzene rings is 2. The Balaban J connectivity index is 1.90. The van der Waals surface area contributed by atoms with Gasteiger partial charge in [-0.1, -0.05) is 42.8 Å². The van der Waals surface area contributed by atoms with Crippen LogP contribution in [-0.2, 0) is 17.8 Å². The second kappa shape index (κ2) is 7.11. The molecule has 3 aromatic rings. The van der Waals surface area contributed by atoms with Crippen LogP contribution in [0.1, 0.15) is 28.4 Å². The molecule has 0 unspecified atom stereocenters. The van der Waals surface area contributed by atoms with Crippen LogP contribution in [0, 0.1) is 6.92 Å². The maximum absolute atomic E-state index is 12.5. The Hall–Kier alpha value is -2.59. The lowest BCUT2D eigenvalue weighted by Crippen LogP contribution is -2.18. The second-order valence-electron chi connectivity index (χ2n) is 6.01. The van der Waals surface area contributed by atoms with Crippen LogP contribution in [0.5, 0.6) is 0 Å². The number of carbonyl (C=O) groups excluding carboxylic acids is 2. The first-order valence-electron chi connectivity index (χ1n) is 8.15. The van der Waals surface area contributed by atoms with Gasteiger partial charge in [0.25, 0.3) is 0 Å². The topological polar surface area (TPSA) is 51.1 Å². The van der Waals surface area contributed by atoms with Crippen molar-refractivity contribution in [3.8, 4) is 0 Å². The number of anilines is 1. The second-order valence-corrected chi connectivity index (χ2v) is 6.42. The summed E-state index contributed by atoms with van der Waals surface area (Å²) in [5, 5.41) is 4.34. The average molecular weight is 355 g/mol. The standard InChI is InChI=1S/C20H19ClN2O2/c1-3-14-5-4-6-17-15(12-24)10-23(20(14)17)11-19(25)22-16-8-7-13(2)18(21)9-16/h4-10,12H,3,11H2,1-2H3,(H,22,25). The number of para-hydroxylation sites is 1. The molecule has 0 atom stereocenters. The highest BCUT2D eigenvalue weighted by molar-refractivity contribution is 6.31. The molecule has 3 rings (SSSR count). The van der Waals surface area contributed by atoms with Crippen LogP contribution in [0.4, 0.5) is 5.69 Å². The molecule has 1 aromatic heterocycles. The molecule has 5 heteroatoms. The minimum absolute atomic E-state index is 0.132. The van der Waals surface area contributed by atoms with Gasteiger partial charge in [-0.05, 0) is 36.6 Å². The number of aryl methyl sites for hydroxylation is 2. The van der Waals surface area contributed by atoms with E-state index >= 15 is 0 Å². The number of rotatable bonds is 5. The molecule has 2 aromatic carbocycles. The van der Waals surface area contributed by atoms with E-state index < -0.39 is 0 Å². The summed E-state index contributed by atoms with van der Waals surface area (Å²) in [6, 6.07) is 11.3. The molecule has 1 N–H and O–H groups in total. The summed E-state index contributed by atoms with van der Waals surface area (Å²) in [5.41, 5.74) is 4.25. The molecule has 1 amide bonds. The summed E-state index contributed by atoms with van der Waals surface area (Å²) in [6.45, 7) is 4.10. The highest BCUT2D eigenvalue weighted by atomic mass is 35.5. The number of nitrogens with one attached hydrogen (secondary N) is 1. The van der Waals surface area contributed by atoms with Crippen molar-refractivity contribution in [2.75, 3.05) is 5.32 Å². The van der Waals surface area contributed by atoms with Gasteiger partial charge in [0.1, 0.15) is 6.54 Å². The van der Waals surface area contributed by atoms with E-state index in [0.717, 1.165) is 34.7 Å². The number of hydrogen-bond donors (Lipinski definition) is 1. The number of carbonyl (C=O) groups is 2. The van der Waals surface area contributed by atoms with E-state index in [0.29, 0.717) is 16.3 Å². The minimum Gasteiger partial charge on any atom is -0.337 e. The predicted octanol–water partition coefficient (Wildman–Crippen LogP) is 4.62. The normalized spacial score (nSPS) is 10.8. The van der Waals surface area contributed by atoms with Gasteiger partial charge in [0.2, 0.25) is 5.91 Å². The molecule has 1 heterocycles. The number of nitrogens with zero attached hydrogens (tertiary/aromatic N) is 1. The zero-order valence-corrected chi connectivity index (χ0v) is 14.9. The number of halogens is 1. The van der Waals surface area contributed by atoms with Gasteiger partial charge in [0.05, 0.1) is 5.52 Å². The lowest BCUT2D eigenvalue weighted by molar-refractivity contribution is -0.116. The molecule has 0 spiro atoms. The van der Waals surface area contributed by atoms with E-state index in [2.05, 4.69) is 12.2 Å². The number of aldehydes is 1. The van der Waals surface area contributed by atoms with E-state index in [-0.39, 0.29) is 12.5 Å². The summed E-state index contributed by atoms with van der Waals surface area (Å²) in [6.07, 6.45) is 3.39. The summed E-state index contributed by atoms with van der Waals surface area (Å²) >= 11 is 6.10. The van der Waals surface area contributed by atoms with E-state index in [1.807, 2.05) is 41.8 Å². The Morgan fingerprint density at radius 2 is 2.08 bits per heavy atom. The van der Waals surface area contributed by atoms with Gasteiger partial charge >= 0.3 is 0 Å². The molecule has 128 valence electrons. The zero-order valence-electron chi connectivity index (χ0n) is 14.2. The van der Waals surface area contributed by atoms with E-state index in [1.54, 1.807) is 12.3 Å². The quantitative estimate of drug-likeness (QED) is 0.680. The summed E-state index contributed by atoms with van der Waals surface area (Å²) in [5.74, 6) is -0.167. The fraction of sp³-hybridized carbons (Fsp3) is 0.200. The Morgan fingerprint density at radius 1 is 1.28 bits per heavy atom. The molecule has 0 saturated carbocycles. The molecule has 0 radical (unpaired) electrons. The molecule has 0 bridgehead atoms. The van der Waals surface area contributed by atoms with Gasteiger partial charge in [-0.3, -0.25) is 9.59 Å². The van der Waals surface area contributed by atoms with Gasteiger partial charge in [-0.15, -0.1) is 0 Å².